The lowest BCUT2D eigenvalue weighted by Crippen LogP contribution is -2.37. The maximum atomic E-state index is 12.8. The lowest BCUT2D eigenvalue weighted by atomic mass is 10.0. The van der Waals surface area contributed by atoms with Crippen molar-refractivity contribution in [2.24, 2.45) is 0 Å². The van der Waals surface area contributed by atoms with Crippen LogP contribution in [-0.4, -0.2) is 74.9 Å². The van der Waals surface area contributed by atoms with Gasteiger partial charge in [0.15, 0.2) is 6.10 Å². The van der Waals surface area contributed by atoms with E-state index in [1.54, 1.807) is 0 Å². The zero-order valence-electron chi connectivity index (χ0n) is 45.6. The zero-order chi connectivity index (χ0) is 49.9. The highest BCUT2D eigenvalue weighted by molar-refractivity contribution is 7.47. The van der Waals surface area contributed by atoms with Gasteiger partial charge in [-0.2, -0.15) is 0 Å². The Balaban J connectivity index is 4.03. The standard InChI is InChI=1S/C58H112NO8P/c1-6-8-10-12-14-16-18-20-22-23-24-25-26-27-28-29-30-31-32-33-34-35-37-38-40-42-44-46-48-50-57(60)64-54-56(55-66-68(62,63)65-53-52-59(3,4)5)67-58(61)51-49-47-45-43-41-39-36-21-19-17-15-13-11-9-7-2/h15,17,21,36,56H,6-14,16,18-20,22-35,37-55H2,1-5H3/p+1/b17-15-,36-21-. The van der Waals surface area contributed by atoms with Crippen molar-refractivity contribution in [2.75, 3.05) is 47.5 Å². The van der Waals surface area contributed by atoms with Crippen LogP contribution >= 0.6 is 7.82 Å². The molecule has 68 heavy (non-hydrogen) atoms. The SMILES string of the molecule is CCCCC/C=C\C/C=C\CCCCCCCC(=O)OC(COC(=O)CCCCCCCCCCCCCCCCCCCCCCCCCCCCCCC)COP(=O)(O)OCC[N+](C)(C)C. The maximum absolute atomic E-state index is 12.8. The summed E-state index contributed by atoms with van der Waals surface area (Å²) >= 11 is 0. The fourth-order valence-corrected chi connectivity index (χ4v) is 9.20. The van der Waals surface area contributed by atoms with Gasteiger partial charge in [0, 0.05) is 12.8 Å². The third-order valence-electron chi connectivity index (χ3n) is 13.0. The van der Waals surface area contributed by atoms with Gasteiger partial charge in [0.25, 0.3) is 0 Å². The van der Waals surface area contributed by atoms with Gasteiger partial charge in [0.05, 0.1) is 27.7 Å². The molecule has 0 aliphatic rings. The van der Waals surface area contributed by atoms with Gasteiger partial charge in [-0.1, -0.05) is 250 Å². The fourth-order valence-electron chi connectivity index (χ4n) is 8.46. The normalized spacial score (nSPS) is 13.4. The second kappa shape index (κ2) is 50.4. The van der Waals surface area contributed by atoms with Crippen LogP contribution in [0.15, 0.2) is 24.3 Å². The summed E-state index contributed by atoms with van der Waals surface area (Å²) in [5.74, 6) is -0.800. The minimum Gasteiger partial charge on any atom is -0.462 e. The number of nitrogens with zero attached hydrogens (tertiary/aromatic N) is 1. The minimum absolute atomic E-state index is 0.0310. The Kier molecular flexibility index (Phi) is 49.3. The zero-order valence-corrected chi connectivity index (χ0v) is 46.5. The largest absolute Gasteiger partial charge is 0.472 e. The molecule has 0 heterocycles. The van der Waals surface area contributed by atoms with Gasteiger partial charge in [0.2, 0.25) is 0 Å². The highest BCUT2D eigenvalue weighted by Crippen LogP contribution is 2.43. The first-order valence-corrected chi connectivity index (χ1v) is 30.6. The molecule has 0 aliphatic carbocycles. The average molecular weight is 984 g/mol. The van der Waals surface area contributed by atoms with Crippen molar-refractivity contribution in [3.63, 3.8) is 0 Å². The van der Waals surface area contributed by atoms with Gasteiger partial charge in [-0.05, 0) is 44.9 Å². The Hall–Kier alpha value is -1.51. The molecule has 10 heteroatoms. The molecular weight excluding hydrogens is 870 g/mol. The van der Waals surface area contributed by atoms with Crippen LogP contribution in [0.1, 0.15) is 284 Å². The maximum Gasteiger partial charge on any atom is 0.472 e. The Labute approximate surface area is 421 Å². The number of unbranched alkanes of at least 4 members (excludes halogenated alkanes) is 36. The van der Waals surface area contributed by atoms with Gasteiger partial charge >= 0.3 is 19.8 Å². The number of allylic oxidation sites excluding steroid dienone is 4. The summed E-state index contributed by atoms with van der Waals surface area (Å²) in [5, 5.41) is 0. The molecule has 0 aromatic carbocycles. The summed E-state index contributed by atoms with van der Waals surface area (Å²) in [7, 11) is 1.48. The molecular formula is C58H113NO8P+. The molecule has 0 radical (unpaired) electrons. The number of hydrogen-bond acceptors (Lipinski definition) is 7. The number of hydrogen-bond donors (Lipinski definition) is 1. The van der Waals surface area contributed by atoms with E-state index >= 15 is 0 Å². The van der Waals surface area contributed by atoms with Gasteiger partial charge in [-0.3, -0.25) is 18.6 Å². The Morgan fingerprint density at radius 1 is 0.456 bits per heavy atom. The number of esters is 2. The molecule has 0 amide bonds. The van der Waals surface area contributed by atoms with Crippen molar-refractivity contribution in [1.82, 2.24) is 0 Å². The van der Waals surface area contributed by atoms with Crippen molar-refractivity contribution >= 4 is 19.8 Å². The monoisotopic (exact) mass is 983 g/mol. The fraction of sp³-hybridized carbons (Fsp3) is 0.897. The Morgan fingerprint density at radius 2 is 0.794 bits per heavy atom. The van der Waals surface area contributed by atoms with Gasteiger partial charge in [-0.15, -0.1) is 0 Å². The number of rotatable bonds is 54. The molecule has 0 rings (SSSR count). The van der Waals surface area contributed by atoms with E-state index in [-0.39, 0.29) is 25.6 Å². The molecule has 2 unspecified atom stereocenters. The molecule has 9 nitrogen and oxygen atoms in total. The summed E-state index contributed by atoms with van der Waals surface area (Å²) in [6.45, 7) is 4.43. The van der Waals surface area contributed by atoms with E-state index in [0.29, 0.717) is 23.9 Å². The van der Waals surface area contributed by atoms with Crippen molar-refractivity contribution in [2.45, 2.75) is 290 Å². The molecule has 0 aromatic rings. The van der Waals surface area contributed by atoms with Crippen molar-refractivity contribution in [1.29, 1.82) is 0 Å². The second-order valence-corrected chi connectivity index (χ2v) is 22.5. The van der Waals surface area contributed by atoms with Crippen molar-refractivity contribution in [3.05, 3.63) is 24.3 Å². The van der Waals surface area contributed by atoms with E-state index < -0.39 is 26.5 Å². The van der Waals surface area contributed by atoms with Crippen LogP contribution in [0.2, 0.25) is 0 Å². The van der Waals surface area contributed by atoms with Crippen LogP contribution in [0.5, 0.6) is 0 Å². The summed E-state index contributed by atoms with van der Waals surface area (Å²) in [4.78, 5) is 35.6. The highest BCUT2D eigenvalue weighted by Gasteiger charge is 2.27. The smallest absolute Gasteiger partial charge is 0.462 e. The lowest BCUT2D eigenvalue weighted by Gasteiger charge is -2.24. The summed E-state index contributed by atoms with van der Waals surface area (Å²) in [6, 6.07) is 0. The number of phosphoric ester groups is 1. The number of carbonyl (C=O) groups excluding carboxylic acids is 2. The molecule has 0 bridgehead atoms. The Morgan fingerprint density at radius 3 is 1.19 bits per heavy atom. The number of ether oxygens (including phenoxy) is 2. The molecule has 0 aliphatic heterocycles. The molecule has 1 N–H and O–H groups in total. The average Bonchev–Trinajstić information content (AvgIpc) is 3.30. The van der Waals surface area contributed by atoms with Crippen LogP contribution in [-0.2, 0) is 32.7 Å². The van der Waals surface area contributed by atoms with Crippen LogP contribution in [0, 0.1) is 0 Å². The molecule has 2 atom stereocenters. The van der Waals surface area contributed by atoms with E-state index in [0.717, 1.165) is 57.8 Å². The van der Waals surface area contributed by atoms with Gasteiger partial charge < -0.3 is 18.9 Å². The van der Waals surface area contributed by atoms with Gasteiger partial charge in [0.1, 0.15) is 19.8 Å². The van der Waals surface area contributed by atoms with Crippen LogP contribution in [0.4, 0.5) is 0 Å². The Bertz CT molecular complexity index is 1200. The van der Waals surface area contributed by atoms with Gasteiger partial charge in [-0.25, -0.2) is 4.57 Å². The van der Waals surface area contributed by atoms with E-state index in [1.807, 2.05) is 21.1 Å². The molecule has 0 fully saturated rings. The molecule has 0 saturated carbocycles. The summed E-state index contributed by atoms with van der Waals surface area (Å²) < 4.78 is 34.5. The number of quaternary nitrogens is 1. The minimum atomic E-state index is -4.38. The highest BCUT2D eigenvalue weighted by atomic mass is 31.2. The third-order valence-corrected chi connectivity index (χ3v) is 14.0. The topological polar surface area (TPSA) is 108 Å². The summed E-state index contributed by atoms with van der Waals surface area (Å²) in [6.07, 6.45) is 59.8. The van der Waals surface area contributed by atoms with E-state index in [9.17, 15) is 19.0 Å². The predicted octanol–water partition coefficient (Wildman–Crippen LogP) is 17.8. The first kappa shape index (κ1) is 66.5. The van der Waals surface area contributed by atoms with Crippen molar-refractivity contribution < 1.29 is 42.1 Å². The lowest BCUT2D eigenvalue weighted by molar-refractivity contribution is -0.870. The quantitative estimate of drug-likeness (QED) is 0.0211. The summed E-state index contributed by atoms with van der Waals surface area (Å²) in [5.41, 5.74) is 0. The van der Waals surface area contributed by atoms with Crippen LogP contribution < -0.4 is 0 Å². The number of carbonyl (C=O) groups is 2. The van der Waals surface area contributed by atoms with E-state index in [4.69, 9.17) is 18.5 Å². The van der Waals surface area contributed by atoms with Crippen molar-refractivity contribution in [3.8, 4) is 0 Å². The van der Waals surface area contributed by atoms with E-state index in [1.165, 1.54) is 193 Å². The first-order chi connectivity index (χ1) is 33.0. The number of phosphoric acid groups is 1. The molecule has 402 valence electrons. The third kappa shape index (κ3) is 53.8. The van der Waals surface area contributed by atoms with Crippen LogP contribution in [0.3, 0.4) is 0 Å². The first-order valence-electron chi connectivity index (χ1n) is 29.1. The predicted molar refractivity (Wildman–Crippen MR) is 289 cm³/mol. The van der Waals surface area contributed by atoms with Crippen LogP contribution in [0.25, 0.3) is 0 Å². The molecule has 0 spiro atoms. The second-order valence-electron chi connectivity index (χ2n) is 21.0. The molecule has 0 aromatic heterocycles. The number of likely N-dealkylation sites (N-methyl/N-ethyl adjacent to an activating group) is 1. The molecule has 0 saturated heterocycles. The van der Waals surface area contributed by atoms with E-state index in [2.05, 4.69) is 38.2 Å².